The van der Waals surface area contributed by atoms with Gasteiger partial charge in [0.25, 0.3) is 0 Å². The molecule has 0 spiro atoms. The normalized spacial score (nSPS) is 28.8. The molecule has 2 heterocycles. The van der Waals surface area contributed by atoms with Crippen LogP contribution in [0.2, 0.25) is 0 Å². The van der Waals surface area contributed by atoms with Crippen molar-refractivity contribution in [2.45, 2.75) is 56.3 Å². The van der Waals surface area contributed by atoms with Crippen molar-refractivity contribution in [1.82, 2.24) is 0 Å². The standard InChI is InChI=1S/C29H32O6S/c1-2-36(30)29-27(32-19-22-14-8-4-9-15-22)26(31-18-21-12-6-3-7-13-21)25-24(34-29)20-33-28(35-25)23-16-10-5-11-17-23/h3-17,24-29H,2,18-20H2,1H3. The second kappa shape index (κ2) is 12.2. The van der Waals surface area contributed by atoms with Crippen LogP contribution in [0.4, 0.5) is 0 Å². The van der Waals surface area contributed by atoms with E-state index in [0.29, 0.717) is 25.6 Å². The first kappa shape index (κ1) is 25.3. The minimum absolute atomic E-state index is 0.318. The first-order valence-electron chi connectivity index (χ1n) is 12.4. The van der Waals surface area contributed by atoms with Crippen LogP contribution in [0.5, 0.6) is 0 Å². The quantitative estimate of drug-likeness (QED) is 0.415. The molecule has 6 nitrogen and oxygen atoms in total. The average molecular weight is 509 g/mol. The first-order valence-corrected chi connectivity index (χ1v) is 13.8. The number of rotatable bonds is 9. The molecule has 0 bridgehead atoms. The van der Waals surface area contributed by atoms with Gasteiger partial charge in [-0.25, -0.2) is 0 Å². The number of hydrogen-bond acceptors (Lipinski definition) is 6. The molecule has 0 N–H and O–H groups in total. The van der Waals surface area contributed by atoms with Gasteiger partial charge in [-0.1, -0.05) is 97.9 Å². The van der Waals surface area contributed by atoms with Gasteiger partial charge in [0.2, 0.25) is 0 Å². The summed E-state index contributed by atoms with van der Waals surface area (Å²) in [7, 11) is -1.27. The van der Waals surface area contributed by atoms with E-state index in [9.17, 15) is 4.21 Å². The average Bonchev–Trinajstić information content (AvgIpc) is 2.95. The van der Waals surface area contributed by atoms with Crippen LogP contribution in [0.15, 0.2) is 91.0 Å². The van der Waals surface area contributed by atoms with Gasteiger partial charge in [-0.2, -0.15) is 0 Å². The first-order chi connectivity index (χ1) is 17.7. The Morgan fingerprint density at radius 1 is 0.778 bits per heavy atom. The van der Waals surface area contributed by atoms with Crippen molar-refractivity contribution in [3.05, 3.63) is 108 Å². The zero-order valence-corrected chi connectivity index (χ0v) is 21.1. The van der Waals surface area contributed by atoms with E-state index in [1.807, 2.05) is 97.9 Å². The van der Waals surface area contributed by atoms with Crippen LogP contribution < -0.4 is 0 Å². The molecule has 2 saturated heterocycles. The SMILES string of the molecule is CCS(=O)C1OC2COC(c3ccccc3)OC2C(OCc2ccccc2)C1OCc1ccccc1. The van der Waals surface area contributed by atoms with Crippen molar-refractivity contribution < 1.29 is 27.9 Å². The number of hydrogen-bond donors (Lipinski definition) is 0. The molecule has 5 rings (SSSR count). The predicted octanol–water partition coefficient (Wildman–Crippen LogP) is 4.76. The summed E-state index contributed by atoms with van der Waals surface area (Å²) in [5.41, 5.74) is 2.35. The van der Waals surface area contributed by atoms with E-state index < -0.39 is 46.9 Å². The zero-order chi connectivity index (χ0) is 24.7. The van der Waals surface area contributed by atoms with E-state index in [1.54, 1.807) is 0 Å². The Labute approximate surface area is 214 Å². The monoisotopic (exact) mass is 508 g/mol. The van der Waals surface area contributed by atoms with Gasteiger partial charge in [-0.15, -0.1) is 0 Å². The fourth-order valence-corrected chi connectivity index (χ4v) is 5.73. The molecule has 3 aromatic carbocycles. The van der Waals surface area contributed by atoms with Gasteiger partial charge in [0.15, 0.2) is 11.7 Å². The Morgan fingerprint density at radius 2 is 1.33 bits per heavy atom. The summed E-state index contributed by atoms with van der Waals surface area (Å²) in [6, 6.07) is 29.8. The molecule has 36 heavy (non-hydrogen) atoms. The molecule has 7 atom stereocenters. The topological polar surface area (TPSA) is 63.2 Å². The van der Waals surface area contributed by atoms with Crippen LogP contribution in [-0.2, 0) is 47.7 Å². The van der Waals surface area contributed by atoms with Crippen molar-refractivity contribution in [3.63, 3.8) is 0 Å². The molecular formula is C29H32O6S. The number of benzene rings is 3. The summed E-state index contributed by atoms with van der Waals surface area (Å²) in [4.78, 5) is 0. The lowest BCUT2D eigenvalue weighted by molar-refractivity contribution is -0.330. The van der Waals surface area contributed by atoms with Gasteiger partial charge >= 0.3 is 0 Å². The molecule has 190 valence electrons. The smallest absolute Gasteiger partial charge is 0.184 e. The van der Waals surface area contributed by atoms with Gasteiger partial charge in [-0.3, -0.25) is 4.21 Å². The predicted molar refractivity (Wildman–Crippen MR) is 137 cm³/mol. The molecule has 2 aliphatic heterocycles. The van der Waals surface area contributed by atoms with Crippen LogP contribution in [0, 0.1) is 0 Å². The Balaban J connectivity index is 1.43. The van der Waals surface area contributed by atoms with Crippen molar-refractivity contribution >= 4 is 10.8 Å². The van der Waals surface area contributed by atoms with Crippen LogP contribution in [0.1, 0.15) is 29.9 Å². The van der Waals surface area contributed by atoms with Crippen molar-refractivity contribution in [1.29, 1.82) is 0 Å². The summed E-state index contributed by atoms with van der Waals surface area (Å²) in [5, 5.41) is 0. The fourth-order valence-electron chi connectivity index (χ4n) is 4.60. The van der Waals surface area contributed by atoms with Gasteiger partial charge in [0, 0.05) is 11.3 Å². The van der Waals surface area contributed by atoms with E-state index in [1.165, 1.54) is 0 Å². The molecule has 7 heteroatoms. The van der Waals surface area contributed by atoms with Crippen LogP contribution in [-0.4, -0.2) is 46.4 Å². The zero-order valence-electron chi connectivity index (χ0n) is 20.3. The lowest BCUT2D eigenvalue weighted by atomic mass is 9.98. The Hall–Kier alpha value is -2.39. The van der Waals surface area contributed by atoms with Crippen LogP contribution in [0.25, 0.3) is 0 Å². The molecule has 2 fully saturated rings. The van der Waals surface area contributed by atoms with E-state index in [-0.39, 0.29) is 0 Å². The molecule has 0 aliphatic carbocycles. The second-order valence-corrected chi connectivity index (χ2v) is 10.7. The molecule has 0 saturated carbocycles. The Morgan fingerprint density at radius 3 is 1.92 bits per heavy atom. The van der Waals surface area contributed by atoms with E-state index in [2.05, 4.69) is 0 Å². The third-order valence-corrected chi connectivity index (χ3v) is 7.94. The second-order valence-electron chi connectivity index (χ2n) is 8.91. The highest BCUT2D eigenvalue weighted by Crippen LogP contribution is 2.37. The molecule has 7 unspecified atom stereocenters. The lowest BCUT2D eigenvalue weighted by Gasteiger charge is -2.49. The summed E-state index contributed by atoms with van der Waals surface area (Å²) in [6.07, 6.45) is -2.48. The third-order valence-electron chi connectivity index (χ3n) is 6.47. The molecule has 3 aromatic rings. The van der Waals surface area contributed by atoms with Gasteiger partial charge < -0.3 is 23.7 Å². The summed E-state index contributed by atoms with van der Waals surface area (Å²) < 4.78 is 45.0. The molecule has 0 radical (unpaired) electrons. The highest BCUT2D eigenvalue weighted by molar-refractivity contribution is 7.85. The fraction of sp³-hybridized carbons (Fsp3) is 0.379. The third kappa shape index (κ3) is 5.94. The maximum atomic E-state index is 13.1. The molecular weight excluding hydrogens is 476 g/mol. The molecule has 0 aromatic heterocycles. The van der Waals surface area contributed by atoms with Crippen LogP contribution in [0.3, 0.4) is 0 Å². The van der Waals surface area contributed by atoms with Crippen molar-refractivity contribution in [2.75, 3.05) is 12.4 Å². The highest BCUT2D eigenvalue weighted by Gasteiger charge is 2.52. The Bertz CT molecular complexity index is 1100. The van der Waals surface area contributed by atoms with E-state index in [4.69, 9.17) is 23.7 Å². The van der Waals surface area contributed by atoms with E-state index >= 15 is 0 Å². The minimum atomic E-state index is -1.27. The molecule has 0 amide bonds. The van der Waals surface area contributed by atoms with Crippen molar-refractivity contribution in [2.24, 2.45) is 0 Å². The maximum absolute atomic E-state index is 13.1. The highest BCUT2D eigenvalue weighted by atomic mass is 32.2. The van der Waals surface area contributed by atoms with Crippen LogP contribution >= 0.6 is 0 Å². The summed E-state index contributed by atoms with van der Waals surface area (Å²) >= 11 is 0. The molecule has 2 aliphatic rings. The summed E-state index contributed by atoms with van der Waals surface area (Å²) in [6.45, 7) is 2.94. The largest absolute Gasteiger partial charge is 0.368 e. The number of fused-ring (bicyclic) bond motifs is 1. The van der Waals surface area contributed by atoms with Gasteiger partial charge in [-0.05, 0) is 11.1 Å². The minimum Gasteiger partial charge on any atom is -0.368 e. The maximum Gasteiger partial charge on any atom is 0.184 e. The lowest BCUT2D eigenvalue weighted by Crippen LogP contribution is -2.64. The Kier molecular flexibility index (Phi) is 8.59. The summed E-state index contributed by atoms with van der Waals surface area (Å²) in [5.74, 6) is 0.451. The van der Waals surface area contributed by atoms with E-state index in [0.717, 1.165) is 16.7 Å². The van der Waals surface area contributed by atoms with Gasteiger partial charge in [0.1, 0.15) is 24.4 Å². The number of ether oxygens (including phenoxy) is 5. The van der Waals surface area contributed by atoms with Crippen molar-refractivity contribution in [3.8, 4) is 0 Å². The van der Waals surface area contributed by atoms with Gasteiger partial charge in [0.05, 0.1) is 30.6 Å².